The predicted molar refractivity (Wildman–Crippen MR) is 89.4 cm³/mol. The zero-order valence-electron chi connectivity index (χ0n) is 13.7. The van der Waals surface area contributed by atoms with E-state index in [0.717, 1.165) is 11.4 Å². The van der Waals surface area contributed by atoms with Crippen molar-refractivity contribution in [3.8, 4) is 0 Å². The first kappa shape index (κ1) is 17.9. The maximum Gasteiger partial charge on any atom is 0.337 e. The smallest absolute Gasteiger partial charge is 0.337 e. The summed E-state index contributed by atoms with van der Waals surface area (Å²) in [5, 5.41) is 0. The Balaban J connectivity index is 2.17. The number of rotatable bonds is 6. The summed E-state index contributed by atoms with van der Waals surface area (Å²) in [7, 11) is 1.13. The molecule has 0 atom stereocenters. The molecular formula is C16H19N3O4S. The normalized spacial score (nSPS) is 11.1. The minimum atomic E-state index is -3.86. The maximum atomic E-state index is 12.4. The van der Waals surface area contributed by atoms with Crippen molar-refractivity contribution in [2.75, 3.05) is 26.1 Å². The van der Waals surface area contributed by atoms with Gasteiger partial charge >= 0.3 is 5.97 Å². The highest BCUT2D eigenvalue weighted by molar-refractivity contribution is 7.94. The zero-order valence-corrected chi connectivity index (χ0v) is 14.5. The van der Waals surface area contributed by atoms with Gasteiger partial charge in [-0.2, -0.15) is 0 Å². The lowest BCUT2D eigenvalue weighted by Gasteiger charge is -2.20. The number of aromatic amines is 1. The van der Waals surface area contributed by atoms with Gasteiger partial charge in [0, 0.05) is 11.0 Å². The Morgan fingerprint density at radius 2 is 2.00 bits per heavy atom. The fraction of sp³-hybridized carbons (Fsp3) is 0.250. The molecule has 0 saturated heterocycles. The van der Waals surface area contributed by atoms with Crippen LogP contribution in [-0.4, -0.2) is 35.6 Å². The minimum Gasteiger partial charge on any atom is -0.541 e. The van der Waals surface area contributed by atoms with Crippen LogP contribution in [0.25, 0.3) is 4.72 Å². The number of aromatic nitrogens is 1. The molecule has 128 valence electrons. The van der Waals surface area contributed by atoms with Crippen molar-refractivity contribution in [1.82, 2.24) is 0 Å². The van der Waals surface area contributed by atoms with Gasteiger partial charge in [-0.05, 0) is 24.3 Å². The molecule has 0 bridgehead atoms. The average molecular weight is 349 g/mol. The summed E-state index contributed by atoms with van der Waals surface area (Å²) in [6, 6.07) is 9.21. The van der Waals surface area contributed by atoms with Crippen LogP contribution in [0.15, 0.2) is 47.5 Å². The number of hydrogen-bond acceptors (Lipinski definition) is 5. The SMILES string of the molecule is COC(=O)c1cccc(S(=O)(=O)[N-]Cc2cc[nH+]c(N(C)C)c2)c1. The first-order valence-electron chi connectivity index (χ1n) is 7.13. The largest absolute Gasteiger partial charge is 0.541 e. The van der Waals surface area contributed by atoms with Crippen LogP contribution in [0.3, 0.4) is 0 Å². The lowest BCUT2D eigenvalue weighted by atomic mass is 10.2. The molecule has 7 nitrogen and oxygen atoms in total. The zero-order chi connectivity index (χ0) is 17.7. The van der Waals surface area contributed by atoms with E-state index in [1.54, 1.807) is 12.3 Å². The summed E-state index contributed by atoms with van der Waals surface area (Å²) in [5.41, 5.74) is 0.920. The topological polar surface area (TPSA) is 91.9 Å². The van der Waals surface area contributed by atoms with E-state index < -0.39 is 16.0 Å². The number of nitrogens with one attached hydrogen (secondary N) is 1. The Hall–Kier alpha value is -2.45. The van der Waals surface area contributed by atoms with E-state index in [9.17, 15) is 13.2 Å². The highest BCUT2D eigenvalue weighted by Gasteiger charge is 2.10. The van der Waals surface area contributed by atoms with Crippen LogP contribution in [-0.2, 0) is 21.3 Å². The Bertz CT molecular complexity index is 835. The van der Waals surface area contributed by atoms with Gasteiger partial charge in [0.25, 0.3) is 5.82 Å². The Morgan fingerprint density at radius 3 is 2.67 bits per heavy atom. The van der Waals surface area contributed by atoms with Crippen LogP contribution < -0.4 is 9.88 Å². The van der Waals surface area contributed by atoms with Gasteiger partial charge in [-0.3, -0.25) is 4.90 Å². The molecule has 0 aliphatic carbocycles. The number of ether oxygens (including phenoxy) is 1. The molecule has 0 saturated carbocycles. The van der Waals surface area contributed by atoms with E-state index in [0.29, 0.717) is 0 Å². The summed E-state index contributed by atoms with van der Waals surface area (Å²) in [6.07, 6.45) is 1.73. The van der Waals surface area contributed by atoms with Crippen LogP contribution in [0, 0.1) is 0 Å². The maximum absolute atomic E-state index is 12.4. The predicted octanol–water partition coefficient (Wildman–Crippen LogP) is 1.62. The molecule has 1 N–H and O–H groups in total. The molecule has 2 rings (SSSR count). The molecule has 0 amide bonds. The van der Waals surface area contributed by atoms with E-state index in [2.05, 4.69) is 14.4 Å². The molecule has 0 unspecified atom stereocenters. The molecule has 0 radical (unpaired) electrons. The highest BCUT2D eigenvalue weighted by atomic mass is 32.2. The molecule has 1 heterocycles. The molecule has 2 aromatic rings. The number of carbonyl (C=O) groups excluding carboxylic acids is 1. The van der Waals surface area contributed by atoms with Gasteiger partial charge in [-0.1, -0.05) is 11.6 Å². The van der Waals surface area contributed by atoms with Crippen LogP contribution in [0.5, 0.6) is 0 Å². The number of methoxy groups -OCH3 is 1. The molecule has 0 fully saturated rings. The van der Waals surface area contributed by atoms with Crippen LogP contribution in [0.2, 0.25) is 0 Å². The highest BCUT2D eigenvalue weighted by Crippen LogP contribution is 2.21. The van der Waals surface area contributed by atoms with Gasteiger partial charge in [-0.25, -0.2) is 18.2 Å². The van der Waals surface area contributed by atoms with Gasteiger partial charge in [0.1, 0.15) is 10.0 Å². The lowest BCUT2D eigenvalue weighted by Crippen LogP contribution is -2.20. The quantitative estimate of drug-likeness (QED) is 0.739. The molecule has 8 heteroatoms. The van der Waals surface area contributed by atoms with Gasteiger partial charge in [0.15, 0.2) is 0 Å². The summed E-state index contributed by atoms with van der Waals surface area (Å²) in [6.45, 7) is 0.0142. The number of pyridine rings is 1. The third kappa shape index (κ3) is 4.30. The molecule has 24 heavy (non-hydrogen) atoms. The first-order chi connectivity index (χ1) is 11.3. The van der Waals surface area contributed by atoms with Crippen LogP contribution in [0.4, 0.5) is 5.82 Å². The first-order valence-corrected chi connectivity index (χ1v) is 8.57. The van der Waals surface area contributed by atoms with Gasteiger partial charge in [-0.15, -0.1) is 6.54 Å². The Morgan fingerprint density at radius 1 is 1.25 bits per heavy atom. The summed E-state index contributed by atoms with van der Waals surface area (Å²) in [4.78, 5) is 16.4. The van der Waals surface area contributed by atoms with Crippen molar-refractivity contribution < 1.29 is 22.9 Å². The number of hydrogen-bond donors (Lipinski definition) is 0. The monoisotopic (exact) mass is 349 g/mol. The fourth-order valence-electron chi connectivity index (χ4n) is 1.99. The summed E-state index contributed by atoms with van der Waals surface area (Å²) >= 11 is 0. The van der Waals surface area contributed by atoms with E-state index in [1.165, 1.54) is 31.4 Å². The van der Waals surface area contributed by atoms with Gasteiger partial charge in [0.2, 0.25) is 0 Å². The molecule has 0 aliphatic rings. The number of nitrogens with zero attached hydrogens (tertiary/aromatic N) is 2. The average Bonchev–Trinajstić information content (AvgIpc) is 2.59. The number of benzene rings is 1. The van der Waals surface area contributed by atoms with Crippen molar-refractivity contribution in [1.29, 1.82) is 0 Å². The van der Waals surface area contributed by atoms with Gasteiger partial charge in [0.05, 0.1) is 33.0 Å². The molecule has 1 aromatic heterocycles. The van der Waals surface area contributed by atoms with Crippen molar-refractivity contribution >= 4 is 21.8 Å². The second kappa shape index (κ2) is 7.41. The lowest BCUT2D eigenvalue weighted by molar-refractivity contribution is -0.363. The molecule has 1 aromatic carbocycles. The number of H-pyrrole nitrogens is 1. The van der Waals surface area contributed by atoms with Crippen LogP contribution in [0.1, 0.15) is 15.9 Å². The standard InChI is InChI=1S/C16H18N3O4S/c1-19(2)15-9-12(7-8-17-15)11-18-24(21,22)14-6-4-5-13(10-14)16(20)23-3/h4-10H,11H2,1-3H3/q-1/p+1. The molecule has 0 aliphatic heterocycles. The van der Waals surface area contributed by atoms with E-state index >= 15 is 0 Å². The number of sulfonamides is 1. The van der Waals surface area contributed by atoms with Crippen molar-refractivity contribution in [3.05, 3.63) is 58.4 Å². The van der Waals surface area contributed by atoms with Crippen LogP contribution >= 0.6 is 0 Å². The van der Waals surface area contributed by atoms with Crippen molar-refractivity contribution in [2.24, 2.45) is 0 Å². The minimum absolute atomic E-state index is 0.0142. The van der Waals surface area contributed by atoms with Gasteiger partial charge < -0.3 is 9.46 Å². The molecular weight excluding hydrogens is 330 g/mol. The summed E-state index contributed by atoms with van der Waals surface area (Å²) in [5.74, 6) is 0.244. The number of esters is 1. The van der Waals surface area contributed by atoms with Crippen molar-refractivity contribution in [2.45, 2.75) is 11.4 Å². The van der Waals surface area contributed by atoms with E-state index in [-0.39, 0.29) is 17.0 Å². The van der Waals surface area contributed by atoms with E-state index in [1.807, 2.05) is 25.1 Å². The van der Waals surface area contributed by atoms with E-state index in [4.69, 9.17) is 0 Å². The summed E-state index contributed by atoms with van der Waals surface area (Å²) < 4.78 is 33.1. The Kier molecular flexibility index (Phi) is 5.53. The third-order valence-electron chi connectivity index (χ3n) is 3.30. The molecule has 0 spiro atoms. The second-order valence-electron chi connectivity index (χ2n) is 5.26. The second-order valence-corrected chi connectivity index (χ2v) is 6.94. The fourth-order valence-corrected chi connectivity index (χ4v) is 2.99. The Labute approximate surface area is 141 Å². The van der Waals surface area contributed by atoms with Crippen molar-refractivity contribution in [3.63, 3.8) is 0 Å². The number of carbonyl (C=O) groups is 1. The third-order valence-corrected chi connectivity index (χ3v) is 4.62. The number of anilines is 1.